The highest BCUT2D eigenvalue weighted by molar-refractivity contribution is 5.97. The van der Waals surface area contributed by atoms with E-state index in [0.29, 0.717) is 37.3 Å². The topological polar surface area (TPSA) is 105 Å². The first-order valence-electron chi connectivity index (χ1n) is 11.3. The number of nitrogens with one attached hydrogen (secondary N) is 1. The molecule has 10 heteroatoms. The van der Waals surface area contributed by atoms with Crippen molar-refractivity contribution in [1.82, 2.24) is 15.1 Å². The van der Waals surface area contributed by atoms with Gasteiger partial charge in [0.25, 0.3) is 11.8 Å². The lowest BCUT2D eigenvalue weighted by molar-refractivity contribution is -0.128. The zero-order chi connectivity index (χ0) is 24.4. The van der Waals surface area contributed by atoms with Gasteiger partial charge in [-0.3, -0.25) is 19.3 Å². The number of carbonyl (C=O) groups excluding carboxylic acids is 3. The van der Waals surface area contributed by atoms with E-state index in [9.17, 15) is 18.8 Å². The van der Waals surface area contributed by atoms with Crippen LogP contribution in [-0.2, 0) is 16.1 Å². The van der Waals surface area contributed by atoms with Crippen molar-refractivity contribution in [2.75, 3.05) is 19.7 Å². The maximum absolute atomic E-state index is 13.4. The van der Waals surface area contributed by atoms with Crippen LogP contribution < -0.4 is 5.32 Å². The number of likely N-dealkylation sites (tertiary alicyclic amines) is 1. The number of amides is 3. The quantitative estimate of drug-likeness (QED) is 0.601. The van der Waals surface area contributed by atoms with Gasteiger partial charge in [0.1, 0.15) is 23.3 Å². The minimum Gasteiger partial charge on any atom is -0.467 e. The van der Waals surface area contributed by atoms with Crippen molar-refractivity contribution in [3.05, 3.63) is 84.0 Å². The van der Waals surface area contributed by atoms with Gasteiger partial charge >= 0.3 is 0 Å². The third kappa shape index (κ3) is 4.44. The summed E-state index contributed by atoms with van der Waals surface area (Å²) >= 11 is 0. The van der Waals surface area contributed by atoms with Gasteiger partial charge in [-0.1, -0.05) is 0 Å². The summed E-state index contributed by atoms with van der Waals surface area (Å²) in [5, 5.41) is 2.80. The van der Waals surface area contributed by atoms with Crippen molar-refractivity contribution >= 4 is 17.7 Å². The Labute approximate surface area is 200 Å². The van der Waals surface area contributed by atoms with Crippen LogP contribution in [0.1, 0.15) is 39.5 Å². The SMILES string of the molecule is O=C(NCc1ccco1)[C@H]1COC2(CCN(C(=O)c3ccc(F)cc3)CC2)N1C(=O)c1ccco1. The van der Waals surface area contributed by atoms with E-state index in [1.54, 1.807) is 29.2 Å². The first-order valence-corrected chi connectivity index (χ1v) is 11.3. The molecule has 2 aliphatic rings. The molecule has 0 aliphatic carbocycles. The lowest BCUT2D eigenvalue weighted by Crippen LogP contribution is -2.59. The molecule has 0 bridgehead atoms. The molecule has 0 saturated carbocycles. The Morgan fingerprint density at radius 3 is 2.34 bits per heavy atom. The van der Waals surface area contributed by atoms with Crippen LogP contribution in [0.25, 0.3) is 0 Å². The molecule has 182 valence electrons. The summed E-state index contributed by atoms with van der Waals surface area (Å²) in [5.74, 6) is -0.782. The average molecular weight is 481 g/mol. The van der Waals surface area contributed by atoms with Gasteiger partial charge in [-0.05, 0) is 48.5 Å². The van der Waals surface area contributed by atoms with E-state index in [0.717, 1.165) is 0 Å². The van der Waals surface area contributed by atoms with Crippen molar-refractivity contribution in [3.8, 4) is 0 Å². The molecule has 0 unspecified atom stereocenters. The van der Waals surface area contributed by atoms with Crippen molar-refractivity contribution in [2.45, 2.75) is 31.2 Å². The number of furan rings is 2. The third-order valence-electron chi connectivity index (χ3n) is 6.45. The highest BCUT2D eigenvalue weighted by Gasteiger charge is 2.54. The van der Waals surface area contributed by atoms with Gasteiger partial charge in [0.2, 0.25) is 5.91 Å². The molecule has 2 fully saturated rings. The minimum absolute atomic E-state index is 0.0162. The van der Waals surface area contributed by atoms with Crippen molar-refractivity contribution in [2.24, 2.45) is 0 Å². The number of nitrogens with zero attached hydrogens (tertiary/aromatic N) is 2. The second-order valence-electron chi connectivity index (χ2n) is 8.52. The molecular formula is C25H24FN3O6. The Kier molecular flexibility index (Phi) is 6.12. The molecule has 1 N–H and O–H groups in total. The average Bonchev–Trinajstić information content (AvgIpc) is 3.65. The monoisotopic (exact) mass is 481 g/mol. The molecular weight excluding hydrogens is 457 g/mol. The number of halogens is 1. The van der Waals surface area contributed by atoms with Crippen molar-refractivity contribution in [3.63, 3.8) is 0 Å². The number of rotatable bonds is 5. The maximum Gasteiger partial charge on any atom is 0.292 e. The predicted molar refractivity (Wildman–Crippen MR) is 119 cm³/mol. The lowest BCUT2D eigenvalue weighted by Gasteiger charge is -2.44. The summed E-state index contributed by atoms with van der Waals surface area (Å²) in [4.78, 5) is 42.5. The first kappa shape index (κ1) is 22.9. The molecule has 9 nitrogen and oxygen atoms in total. The van der Waals surface area contributed by atoms with Crippen LogP contribution >= 0.6 is 0 Å². The fraction of sp³-hybridized carbons (Fsp3) is 0.320. The molecule has 2 aliphatic heterocycles. The van der Waals surface area contributed by atoms with Crippen LogP contribution in [0.3, 0.4) is 0 Å². The van der Waals surface area contributed by atoms with E-state index in [-0.39, 0.29) is 30.7 Å². The predicted octanol–water partition coefficient (Wildman–Crippen LogP) is 2.80. The number of piperidine rings is 1. The van der Waals surface area contributed by atoms with Gasteiger partial charge in [0.15, 0.2) is 5.76 Å². The Morgan fingerprint density at radius 2 is 1.69 bits per heavy atom. The fourth-order valence-corrected chi connectivity index (χ4v) is 4.63. The zero-order valence-corrected chi connectivity index (χ0v) is 18.8. The first-order chi connectivity index (χ1) is 17.0. The van der Waals surface area contributed by atoms with Crippen LogP contribution in [0, 0.1) is 5.82 Å². The summed E-state index contributed by atoms with van der Waals surface area (Å²) in [6.07, 6.45) is 3.54. The van der Waals surface area contributed by atoms with Crippen LogP contribution in [0.4, 0.5) is 4.39 Å². The van der Waals surface area contributed by atoms with Gasteiger partial charge in [-0.2, -0.15) is 0 Å². The number of hydrogen-bond acceptors (Lipinski definition) is 6. The molecule has 1 aromatic carbocycles. The minimum atomic E-state index is -1.06. The maximum atomic E-state index is 13.4. The van der Waals surface area contributed by atoms with Crippen molar-refractivity contribution in [1.29, 1.82) is 0 Å². The smallest absolute Gasteiger partial charge is 0.292 e. The number of hydrogen-bond donors (Lipinski definition) is 1. The molecule has 2 saturated heterocycles. The molecule has 4 heterocycles. The van der Waals surface area contributed by atoms with E-state index in [2.05, 4.69) is 5.32 Å². The Balaban J connectivity index is 1.33. The second-order valence-corrected chi connectivity index (χ2v) is 8.52. The largest absolute Gasteiger partial charge is 0.467 e. The van der Waals surface area contributed by atoms with Gasteiger partial charge in [0.05, 0.1) is 25.7 Å². The van der Waals surface area contributed by atoms with E-state index in [4.69, 9.17) is 13.6 Å². The van der Waals surface area contributed by atoms with Crippen molar-refractivity contribution < 1.29 is 32.3 Å². The zero-order valence-electron chi connectivity index (χ0n) is 18.8. The Hall–Kier alpha value is -3.92. The number of benzene rings is 1. The molecule has 3 aromatic rings. The van der Waals surface area contributed by atoms with Crippen LogP contribution in [0.15, 0.2) is 69.9 Å². The summed E-state index contributed by atoms with van der Waals surface area (Å²) in [6, 6.07) is 11.1. The van der Waals surface area contributed by atoms with Gasteiger partial charge in [-0.15, -0.1) is 0 Å². The van der Waals surface area contributed by atoms with E-state index in [1.807, 2.05) is 0 Å². The summed E-state index contributed by atoms with van der Waals surface area (Å²) in [5.41, 5.74) is -0.677. The number of carbonyl (C=O) groups is 3. The number of ether oxygens (including phenoxy) is 1. The highest BCUT2D eigenvalue weighted by Crippen LogP contribution is 2.39. The van der Waals surface area contributed by atoms with E-state index < -0.39 is 23.5 Å². The molecule has 1 spiro atoms. The molecule has 35 heavy (non-hydrogen) atoms. The van der Waals surface area contributed by atoms with Crippen LogP contribution in [-0.4, -0.2) is 59.0 Å². The molecule has 0 radical (unpaired) electrons. The second kappa shape index (κ2) is 9.38. The molecule has 5 rings (SSSR count). The fourth-order valence-electron chi connectivity index (χ4n) is 4.63. The van der Waals surface area contributed by atoms with Gasteiger partial charge in [0, 0.05) is 31.5 Å². The van der Waals surface area contributed by atoms with Gasteiger partial charge in [-0.25, -0.2) is 4.39 Å². The van der Waals surface area contributed by atoms with Gasteiger partial charge < -0.3 is 23.8 Å². The summed E-state index contributed by atoms with van der Waals surface area (Å²) in [7, 11) is 0. The summed E-state index contributed by atoms with van der Waals surface area (Å²) < 4.78 is 30.0. The standard InChI is InChI=1S/C25H24FN3O6/c26-18-7-5-17(6-8-18)23(31)28-11-9-25(10-12-28)29(24(32)21-4-2-14-34-21)20(16-35-25)22(30)27-15-19-3-1-13-33-19/h1-8,13-14,20H,9-12,15-16H2,(H,27,30)/t20-/m1/s1. The lowest BCUT2D eigenvalue weighted by atomic mass is 9.96. The summed E-state index contributed by atoms with van der Waals surface area (Å²) in [6.45, 7) is 0.804. The third-order valence-corrected chi connectivity index (χ3v) is 6.45. The van der Waals surface area contributed by atoms with Crippen LogP contribution in [0.2, 0.25) is 0 Å². The van der Waals surface area contributed by atoms with E-state index >= 15 is 0 Å². The van der Waals surface area contributed by atoms with Crippen LogP contribution in [0.5, 0.6) is 0 Å². The molecule has 2 aromatic heterocycles. The van der Waals surface area contributed by atoms with E-state index in [1.165, 1.54) is 41.7 Å². The molecule has 1 atom stereocenters. The Bertz CT molecular complexity index is 1180. The Morgan fingerprint density at radius 1 is 0.971 bits per heavy atom. The highest BCUT2D eigenvalue weighted by atomic mass is 19.1. The molecule has 3 amide bonds. The normalized spacial score (nSPS) is 19.2.